The van der Waals surface area contributed by atoms with Gasteiger partial charge in [-0.05, 0) is 17.7 Å². The maximum Gasteiger partial charge on any atom is 0.124 e. The van der Waals surface area contributed by atoms with Gasteiger partial charge in [0.25, 0.3) is 0 Å². The molecule has 1 N–H and O–H groups in total. The second kappa shape index (κ2) is 5.03. The minimum Gasteiger partial charge on any atom is -0.491 e. The van der Waals surface area contributed by atoms with Crippen LogP contribution in [0.1, 0.15) is 12.5 Å². The van der Waals surface area contributed by atoms with Gasteiger partial charge < -0.3 is 9.84 Å². The number of fused-ring (bicyclic) bond motifs is 3. The average molecular weight is 273 g/mol. The van der Waals surface area contributed by atoms with Crippen molar-refractivity contribution in [2.75, 3.05) is 6.61 Å². The predicted molar refractivity (Wildman–Crippen MR) is 73.5 cm³/mol. The third kappa shape index (κ3) is 2.17. The predicted octanol–water partition coefficient (Wildman–Crippen LogP) is 2.03. The standard InChI is InChI=1S/C13H15N5O2/c1-8(16-17-14)6-18-13-9(5-15-18)2-3-12-11(13)4-10(19)7-20-12/h2-3,5,8,10,19H,4,6-7H2,1H3/t8-,10?/m1/s1. The second-order valence-corrected chi connectivity index (χ2v) is 5.03. The molecule has 1 aromatic heterocycles. The molecule has 0 fully saturated rings. The molecule has 2 atom stereocenters. The Morgan fingerprint density at radius 2 is 2.50 bits per heavy atom. The Balaban J connectivity index is 2.07. The summed E-state index contributed by atoms with van der Waals surface area (Å²) in [6, 6.07) is 3.67. The zero-order chi connectivity index (χ0) is 14.1. The molecule has 0 saturated heterocycles. The van der Waals surface area contributed by atoms with Crippen molar-refractivity contribution in [3.63, 3.8) is 0 Å². The van der Waals surface area contributed by atoms with Gasteiger partial charge in [-0.1, -0.05) is 12.0 Å². The molecule has 0 amide bonds. The highest BCUT2D eigenvalue weighted by molar-refractivity contribution is 5.84. The molecule has 1 unspecified atom stereocenters. The van der Waals surface area contributed by atoms with E-state index in [1.165, 1.54) is 0 Å². The Morgan fingerprint density at radius 1 is 1.65 bits per heavy atom. The van der Waals surface area contributed by atoms with Crippen LogP contribution in [0.15, 0.2) is 23.4 Å². The van der Waals surface area contributed by atoms with Crippen LogP contribution in [-0.4, -0.2) is 33.6 Å². The molecule has 0 saturated carbocycles. The second-order valence-electron chi connectivity index (χ2n) is 5.03. The van der Waals surface area contributed by atoms with Gasteiger partial charge in [0.2, 0.25) is 0 Å². The quantitative estimate of drug-likeness (QED) is 0.526. The van der Waals surface area contributed by atoms with E-state index in [-0.39, 0.29) is 6.04 Å². The number of benzene rings is 1. The zero-order valence-corrected chi connectivity index (χ0v) is 11.1. The Morgan fingerprint density at radius 3 is 3.30 bits per heavy atom. The lowest BCUT2D eigenvalue weighted by molar-refractivity contribution is 0.0926. The van der Waals surface area contributed by atoms with Gasteiger partial charge >= 0.3 is 0 Å². The van der Waals surface area contributed by atoms with E-state index >= 15 is 0 Å². The van der Waals surface area contributed by atoms with Crippen LogP contribution >= 0.6 is 0 Å². The Bertz CT molecular complexity index is 689. The Hall–Kier alpha value is -2.24. The highest BCUT2D eigenvalue weighted by Gasteiger charge is 2.22. The van der Waals surface area contributed by atoms with Crippen molar-refractivity contribution in [1.82, 2.24) is 9.78 Å². The molecule has 0 radical (unpaired) electrons. The largest absolute Gasteiger partial charge is 0.491 e. The van der Waals surface area contributed by atoms with Crippen LogP contribution in [-0.2, 0) is 13.0 Å². The van der Waals surface area contributed by atoms with E-state index in [0.717, 1.165) is 22.2 Å². The van der Waals surface area contributed by atoms with Gasteiger partial charge in [-0.15, -0.1) is 0 Å². The van der Waals surface area contributed by atoms with Gasteiger partial charge in [-0.3, -0.25) is 4.68 Å². The average Bonchev–Trinajstić information content (AvgIpc) is 2.82. The Labute approximate surface area is 115 Å². The van der Waals surface area contributed by atoms with E-state index in [0.29, 0.717) is 19.6 Å². The summed E-state index contributed by atoms with van der Waals surface area (Å²) < 4.78 is 7.36. The molecule has 20 heavy (non-hydrogen) atoms. The molecular formula is C13H15N5O2. The number of aliphatic hydroxyl groups is 1. The van der Waals surface area contributed by atoms with Gasteiger partial charge in [0, 0.05) is 28.8 Å². The third-order valence-corrected chi connectivity index (χ3v) is 3.42. The van der Waals surface area contributed by atoms with Crippen LogP contribution in [0.2, 0.25) is 0 Å². The van der Waals surface area contributed by atoms with Crippen LogP contribution in [0.4, 0.5) is 0 Å². The van der Waals surface area contributed by atoms with E-state index in [4.69, 9.17) is 10.3 Å². The first-order valence-electron chi connectivity index (χ1n) is 6.51. The fourth-order valence-corrected chi connectivity index (χ4v) is 2.56. The Kier molecular flexibility index (Phi) is 3.22. The molecule has 1 aliphatic heterocycles. The summed E-state index contributed by atoms with van der Waals surface area (Å²) >= 11 is 0. The molecule has 0 spiro atoms. The fourth-order valence-electron chi connectivity index (χ4n) is 2.56. The van der Waals surface area contributed by atoms with E-state index in [1.807, 2.05) is 23.7 Å². The number of aliphatic hydroxyl groups excluding tert-OH is 1. The molecular weight excluding hydrogens is 258 g/mol. The normalized spacial score (nSPS) is 19.0. The van der Waals surface area contributed by atoms with Gasteiger partial charge in [0.15, 0.2) is 0 Å². The summed E-state index contributed by atoms with van der Waals surface area (Å²) in [7, 11) is 0. The van der Waals surface area contributed by atoms with E-state index in [1.54, 1.807) is 6.20 Å². The molecule has 7 nitrogen and oxygen atoms in total. The van der Waals surface area contributed by atoms with E-state index in [2.05, 4.69) is 15.1 Å². The SMILES string of the molecule is C[C@H](Cn1ncc2ccc3c(c21)CC(O)CO3)N=[N+]=[N-]. The van der Waals surface area contributed by atoms with Crippen LogP contribution in [0.25, 0.3) is 21.3 Å². The van der Waals surface area contributed by atoms with Crippen molar-refractivity contribution < 1.29 is 9.84 Å². The number of hydrogen-bond acceptors (Lipinski definition) is 4. The number of nitrogens with zero attached hydrogens (tertiary/aromatic N) is 5. The van der Waals surface area contributed by atoms with E-state index in [9.17, 15) is 5.11 Å². The first kappa shape index (κ1) is 12.8. The number of aromatic nitrogens is 2. The monoisotopic (exact) mass is 273 g/mol. The maximum atomic E-state index is 9.79. The summed E-state index contributed by atoms with van der Waals surface area (Å²) in [6.45, 7) is 2.66. The lowest BCUT2D eigenvalue weighted by Gasteiger charge is -2.23. The molecule has 7 heteroatoms. The smallest absolute Gasteiger partial charge is 0.124 e. The van der Waals surface area contributed by atoms with Gasteiger partial charge in [-0.25, -0.2) is 0 Å². The van der Waals surface area contributed by atoms with Crippen molar-refractivity contribution in [3.8, 4) is 5.75 Å². The zero-order valence-electron chi connectivity index (χ0n) is 11.1. The highest BCUT2D eigenvalue weighted by Crippen LogP contribution is 2.32. The van der Waals surface area contributed by atoms with Crippen LogP contribution < -0.4 is 4.74 Å². The van der Waals surface area contributed by atoms with Crippen LogP contribution in [0.5, 0.6) is 5.75 Å². The van der Waals surface area contributed by atoms with Crippen molar-refractivity contribution in [2.45, 2.75) is 32.0 Å². The lowest BCUT2D eigenvalue weighted by atomic mass is 10.0. The first-order valence-corrected chi connectivity index (χ1v) is 6.51. The third-order valence-electron chi connectivity index (χ3n) is 3.42. The lowest BCUT2D eigenvalue weighted by Crippen LogP contribution is -2.26. The summed E-state index contributed by atoms with van der Waals surface area (Å²) in [4.78, 5) is 2.81. The van der Waals surface area contributed by atoms with Crippen molar-refractivity contribution in [1.29, 1.82) is 0 Å². The molecule has 0 bridgehead atoms. The molecule has 1 aliphatic rings. The molecule has 104 valence electrons. The minimum absolute atomic E-state index is 0.187. The molecule has 2 heterocycles. The maximum absolute atomic E-state index is 9.79. The van der Waals surface area contributed by atoms with E-state index < -0.39 is 6.10 Å². The fraction of sp³-hybridized carbons (Fsp3) is 0.462. The number of azide groups is 1. The van der Waals surface area contributed by atoms with Gasteiger partial charge in [0.05, 0.1) is 23.9 Å². The van der Waals surface area contributed by atoms with Crippen molar-refractivity contribution in [2.24, 2.45) is 5.11 Å². The molecule has 0 aliphatic carbocycles. The number of hydrogen-bond donors (Lipinski definition) is 1. The first-order chi connectivity index (χ1) is 9.69. The summed E-state index contributed by atoms with van der Waals surface area (Å²) in [5.74, 6) is 0.793. The van der Waals surface area contributed by atoms with Crippen LogP contribution in [0.3, 0.4) is 0 Å². The van der Waals surface area contributed by atoms with Crippen LogP contribution in [0, 0.1) is 0 Å². The highest BCUT2D eigenvalue weighted by atomic mass is 16.5. The number of rotatable bonds is 3. The van der Waals surface area contributed by atoms with Crippen molar-refractivity contribution >= 4 is 10.9 Å². The summed E-state index contributed by atoms with van der Waals surface area (Å²) in [5.41, 5.74) is 10.4. The van der Waals surface area contributed by atoms with Gasteiger partial charge in [0.1, 0.15) is 12.4 Å². The van der Waals surface area contributed by atoms with Crippen molar-refractivity contribution in [3.05, 3.63) is 34.3 Å². The topological polar surface area (TPSA) is 96.0 Å². The summed E-state index contributed by atoms with van der Waals surface area (Å²) in [5, 5.41) is 18.8. The van der Waals surface area contributed by atoms with Gasteiger partial charge in [-0.2, -0.15) is 5.10 Å². The molecule has 3 rings (SSSR count). The molecule has 2 aromatic rings. The number of ether oxygens (including phenoxy) is 1. The summed E-state index contributed by atoms with van der Waals surface area (Å²) in [6.07, 6.45) is 1.83. The molecule has 1 aromatic carbocycles. The minimum atomic E-state index is -0.494.